The quantitative estimate of drug-likeness (QED) is 0.874. The van der Waals surface area contributed by atoms with Gasteiger partial charge in [0, 0.05) is 23.1 Å². The predicted octanol–water partition coefficient (Wildman–Crippen LogP) is 3.98. The highest BCUT2D eigenvalue weighted by Gasteiger charge is 2.16. The van der Waals surface area contributed by atoms with E-state index in [0.29, 0.717) is 16.6 Å². The zero-order chi connectivity index (χ0) is 14.5. The Kier molecular flexibility index (Phi) is 5.49. The molecule has 0 radical (unpaired) electrons. The Morgan fingerprint density at radius 3 is 2.45 bits per heavy atom. The Hall–Kier alpha value is -1.00. The second-order valence-corrected chi connectivity index (χ2v) is 5.78. The van der Waals surface area contributed by atoms with Gasteiger partial charge in [-0.2, -0.15) is 0 Å². The molecule has 5 heteroatoms. The topological polar surface area (TPSA) is 28.4 Å². The number of likely N-dealkylation sites (N-methyl/N-ethyl adjacent to an activating group) is 1. The first-order valence-corrected chi connectivity index (χ1v) is 7.17. The zero-order valence-electron chi connectivity index (χ0n) is 11.6. The molecule has 1 aromatic carbocycles. The third-order valence-corrected chi connectivity index (χ3v) is 3.52. The molecule has 1 aromatic heterocycles. The van der Waals surface area contributed by atoms with Gasteiger partial charge in [-0.05, 0) is 50.0 Å². The lowest BCUT2D eigenvalue weighted by Crippen LogP contribution is -2.30. The number of halogens is 2. The minimum atomic E-state index is 0.194. The number of nitrogens with zero attached hydrogens (tertiary/aromatic N) is 1. The second-order valence-electron chi connectivity index (χ2n) is 4.90. The van der Waals surface area contributed by atoms with Crippen LogP contribution in [0.25, 0.3) is 0 Å². The number of rotatable bonds is 6. The van der Waals surface area contributed by atoms with Gasteiger partial charge >= 0.3 is 0 Å². The van der Waals surface area contributed by atoms with Crippen molar-refractivity contribution in [2.24, 2.45) is 0 Å². The van der Waals surface area contributed by atoms with Crippen LogP contribution in [0.2, 0.25) is 10.0 Å². The lowest BCUT2D eigenvalue weighted by molar-refractivity contribution is 0.250. The van der Waals surface area contributed by atoms with Crippen LogP contribution in [0, 0.1) is 0 Å². The molecular weight excluding hydrogens is 295 g/mol. The normalized spacial score (nSPS) is 12.8. The molecule has 0 amide bonds. The summed E-state index contributed by atoms with van der Waals surface area (Å²) in [5.74, 6) is 0.951. The first-order valence-electron chi connectivity index (χ1n) is 6.42. The molecular formula is C15H18Cl2N2O. The summed E-state index contributed by atoms with van der Waals surface area (Å²) in [6.07, 6.45) is 1.70. The summed E-state index contributed by atoms with van der Waals surface area (Å²) in [7, 11) is 4.07. The fourth-order valence-electron chi connectivity index (χ4n) is 2.08. The summed E-state index contributed by atoms with van der Waals surface area (Å²) in [4.78, 5) is 2.12. The minimum Gasteiger partial charge on any atom is -0.468 e. The maximum Gasteiger partial charge on any atom is 0.122 e. The van der Waals surface area contributed by atoms with E-state index in [2.05, 4.69) is 10.2 Å². The smallest absolute Gasteiger partial charge is 0.122 e. The van der Waals surface area contributed by atoms with Crippen LogP contribution in [0.5, 0.6) is 0 Å². The van der Waals surface area contributed by atoms with Gasteiger partial charge in [0.1, 0.15) is 5.76 Å². The molecule has 0 aliphatic carbocycles. The van der Waals surface area contributed by atoms with E-state index >= 15 is 0 Å². The van der Waals surface area contributed by atoms with Crippen LogP contribution >= 0.6 is 23.2 Å². The van der Waals surface area contributed by atoms with Gasteiger partial charge in [-0.1, -0.05) is 23.2 Å². The monoisotopic (exact) mass is 312 g/mol. The molecule has 0 spiro atoms. The van der Waals surface area contributed by atoms with E-state index in [1.165, 1.54) is 0 Å². The van der Waals surface area contributed by atoms with E-state index in [1.54, 1.807) is 12.3 Å². The van der Waals surface area contributed by atoms with Crippen LogP contribution < -0.4 is 5.32 Å². The Bertz CT molecular complexity index is 521. The van der Waals surface area contributed by atoms with Gasteiger partial charge in [-0.25, -0.2) is 0 Å². The Balaban J connectivity index is 1.93. The SMILES string of the molecule is CN(C)C(CNCc1cc(Cl)cc(Cl)c1)c1ccco1. The Morgan fingerprint density at radius 2 is 1.90 bits per heavy atom. The van der Waals surface area contributed by atoms with Crippen molar-refractivity contribution < 1.29 is 4.42 Å². The van der Waals surface area contributed by atoms with E-state index in [4.69, 9.17) is 27.6 Å². The van der Waals surface area contributed by atoms with Gasteiger partial charge in [-0.3, -0.25) is 4.90 Å². The van der Waals surface area contributed by atoms with Gasteiger partial charge in [0.05, 0.1) is 12.3 Å². The molecule has 0 fully saturated rings. The van der Waals surface area contributed by atoms with Crippen LogP contribution in [-0.2, 0) is 6.54 Å². The molecule has 1 atom stereocenters. The third-order valence-electron chi connectivity index (χ3n) is 3.08. The summed E-state index contributed by atoms with van der Waals surface area (Å²) in [5, 5.41) is 4.72. The first kappa shape index (κ1) is 15.4. The van der Waals surface area contributed by atoms with E-state index in [9.17, 15) is 0 Å². The van der Waals surface area contributed by atoms with Crippen molar-refractivity contribution in [2.75, 3.05) is 20.6 Å². The van der Waals surface area contributed by atoms with Crippen molar-refractivity contribution >= 4 is 23.2 Å². The average Bonchev–Trinajstić information content (AvgIpc) is 2.86. The van der Waals surface area contributed by atoms with Gasteiger partial charge < -0.3 is 9.73 Å². The highest BCUT2D eigenvalue weighted by molar-refractivity contribution is 6.34. The van der Waals surface area contributed by atoms with E-state index in [0.717, 1.165) is 17.9 Å². The van der Waals surface area contributed by atoms with Crippen molar-refractivity contribution in [1.82, 2.24) is 10.2 Å². The average molecular weight is 313 g/mol. The molecule has 0 saturated heterocycles. The highest BCUT2D eigenvalue weighted by Crippen LogP contribution is 2.20. The van der Waals surface area contributed by atoms with Crippen molar-refractivity contribution in [2.45, 2.75) is 12.6 Å². The third kappa shape index (κ3) is 4.25. The Morgan fingerprint density at radius 1 is 1.20 bits per heavy atom. The van der Waals surface area contributed by atoms with Crippen LogP contribution in [0.4, 0.5) is 0 Å². The van der Waals surface area contributed by atoms with Crippen LogP contribution in [0.3, 0.4) is 0 Å². The number of nitrogens with one attached hydrogen (secondary N) is 1. The molecule has 1 heterocycles. The highest BCUT2D eigenvalue weighted by atomic mass is 35.5. The fraction of sp³-hybridized carbons (Fsp3) is 0.333. The molecule has 3 nitrogen and oxygen atoms in total. The molecule has 0 saturated carbocycles. The molecule has 1 N–H and O–H groups in total. The predicted molar refractivity (Wildman–Crippen MR) is 83.3 cm³/mol. The minimum absolute atomic E-state index is 0.194. The summed E-state index contributed by atoms with van der Waals surface area (Å²) in [6.45, 7) is 1.50. The van der Waals surface area contributed by atoms with Crippen molar-refractivity contribution in [3.05, 3.63) is 58.0 Å². The lowest BCUT2D eigenvalue weighted by Gasteiger charge is -2.22. The van der Waals surface area contributed by atoms with Gasteiger partial charge in [0.15, 0.2) is 0 Å². The van der Waals surface area contributed by atoms with Crippen LogP contribution in [-0.4, -0.2) is 25.5 Å². The number of benzene rings is 1. The van der Waals surface area contributed by atoms with E-state index < -0.39 is 0 Å². The first-order chi connectivity index (χ1) is 9.56. The zero-order valence-corrected chi connectivity index (χ0v) is 13.1. The summed E-state index contributed by atoms with van der Waals surface area (Å²) >= 11 is 12.0. The van der Waals surface area contributed by atoms with E-state index in [-0.39, 0.29) is 6.04 Å². The standard InChI is InChI=1S/C15H18Cl2N2O/c1-19(2)14(15-4-3-5-20-15)10-18-9-11-6-12(16)8-13(17)7-11/h3-8,14,18H,9-10H2,1-2H3. The van der Waals surface area contributed by atoms with Crippen molar-refractivity contribution in [3.8, 4) is 0 Å². The second kappa shape index (κ2) is 7.14. The molecule has 108 valence electrons. The largest absolute Gasteiger partial charge is 0.468 e. The number of furan rings is 1. The van der Waals surface area contributed by atoms with E-state index in [1.807, 2.05) is 38.4 Å². The molecule has 0 aliphatic heterocycles. The lowest BCUT2D eigenvalue weighted by atomic mass is 10.2. The van der Waals surface area contributed by atoms with Gasteiger partial charge in [0.2, 0.25) is 0 Å². The molecule has 0 bridgehead atoms. The van der Waals surface area contributed by atoms with Crippen molar-refractivity contribution in [1.29, 1.82) is 0 Å². The molecule has 20 heavy (non-hydrogen) atoms. The molecule has 2 aromatic rings. The fourth-order valence-corrected chi connectivity index (χ4v) is 2.66. The summed E-state index contributed by atoms with van der Waals surface area (Å²) in [5.41, 5.74) is 1.07. The molecule has 2 rings (SSSR count). The molecule has 1 unspecified atom stereocenters. The summed E-state index contributed by atoms with van der Waals surface area (Å²) in [6, 6.07) is 9.65. The number of hydrogen-bond acceptors (Lipinski definition) is 3. The Labute approximate surface area is 129 Å². The van der Waals surface area contributed by atoms with Gasteiger partial charge in [-0.15, -0.1) is 0 Å². The maximum absolute atomic E-state index is 5.99. The van der Waals surface area contributed by atoms with Crippen LogP contribution in [0.15, 0.2) is 41.0 Å². The maximum atomic E-state index is 5.99. The number of hydrogen-bond donors (Lipinski definition) is 1. The van der Waals surface area contributed by atoms with Crippen molar-refractivity contribution in [3.63, 3.8) is 0 Å². The van der Waals surface area contributed by atoms with Gasteiger partial charge in [0.25, 0.3) is 0 Å². The van der Waals surface area contributed by atoms with Crippen LogP contribution in [0.1, 0.15) is 17.4 Å². The summed E-state index contributed by atoms with van der Waals surface area (Å²) < 4.78 is 5.47. The molecule has 0 aliphatic rings.